The highest BCUT2D eigenvalue weighted by molar-refractivity contribution is 6.02. The highest BCUT2D eigenvalue weighted by atomic mass is 16.4. The van der Waals surface area contributed by atoms with Gasteiger partial charge in [0.05, 0.1) is 11.2 Å². The Morgan fingerprint density at radius 2 is 2.32 bits per heavy atom. The Morgan fingerprint density at radius 3 is 3.08 bits per heavy atom. The molecule has 4 rings (SSSR count). The molecule has 1 aromatic carbocycles. The second-order valence-electron chi connectivity index (χ2n) is 7.44. The van der Waals surface area contributed by atoms with Crippen LogP contribution in [0, 0.1) is 6.92 Å². The minimum absolute atomic E-state index is 0.148. The summed E-state index contributed by atoms with van der Waals surface area (Å²) in [4.78, 5) is 18.4. The van der Waals surface area contributed by atoms with Crippen LogP contribution in [-0.4, -0.2) is 45.8 Å². The van der Waals surface area contributed by atoms with Crippen LogP contribution in [0.4, 0.5) is 6.01 Å². The third-order valence-corrected chi connectivity index (χ3v) is 5.85. The van der Waals surface area contributed by atoms with Crippen LogP contribution in [0.3, 0.4) is 0 Å². The molecule has 2 aromatic rings. The van der Waals surface area contributed by atoms with Crippen LogP contribution in [0.1, 0.15) is 48.0 Å². The number of nitrogens with two attached hydrogens (primary N) is 1. The van der Waals surface area contributed by atoms with Crippen molar-refractivity contribution < 1.29 is 14.3 Å². The molecule has 3 heterocycles. The number of aromatic carboxylic acids is 1. The predicted molar refractivity (Wildman–Crippen MR) is 94.7 cm³/mol. The Morgan fingerprint density at radius 1 is 1.52 bits per heavy atom. The van der Waals surface area contributed by atoms with Gasteiger partial charge in [0, 0.05) is 12.1 Å². The van der Waals surface area contributed by atoms with Crippen molar-refractivity contribution in [2.24, 2.45) is 5.73 Å². The summed E-state index contributed by atoms with van der Waals surface area (Å²) < 4.78 is 5.83. The largest absolute Gasteiger partial charge is 0.478 e. The number of aromatic nitrogens is 1. The van der Waals surface area contributed by atoms with E-state index in [0.29, 0.717) is 28.7 Å². The average Bonchev–Trinajstić information content (AvgIpc) is 2.91. The van der Waals surface area contributed by atoms with Gasteiger partial charge in [-0.1, -0.05) is 6.07 Å². The van der Waals surface area contributed by atoms with E-state index in [9.17, 15) is 9.90 Å². The number of fused-ring (bicyclic) bond motifs is 3. The zero-order valence-electron chi connectivity index (χ0n) is 14.6. The molecule has 2 saturated heterocycles. The molecule has 25 heavy (non-hydrogen) atoms. The second-order valence-corrected chi connectivity index (χ2v) is 7.44. The zero-order valence-corrected chi connectivity index (χ0v) is 14.6. The molecule has 0 amide bonds. The fourth-order valence-corrected chi connectivity index (χ4v) is 4.56. The second kappa shape index (κ2) is 5.71. The van der Waals surface area contributed by atoms with E-state index in [1.807, 2.05) is 0 Å². The smallest absolute Gasteiger partial charge is 0.338 e. The van der Waals surface area contributed by atoms with E-state index in [0.717, 1.165) is 32.1 Å². The summed E-state index contributed by atoms with van der Waals surface area (Å²) in [7, 11) is 2.12. The van der Waals surface area contributed by atoms with Crippen LogP contribution in [-0.2, 0) is 0 Å². The molecular formula is C18H24N4O3. The summed E-state index contributed by atoms with van der Waals surface area (Å²) in [6, 6.07) is 4.50. The number of hydrogen-bond donors (Lipinski definition) is 3. The maximum atomic E-state index is 11.6. The van der Waals surface area contributed by atoms with Crippen molar-refractivity contribution in [2.75, 3.05) is 12.4 Å². The van der Waals surface area contributed by atoms with E-state index in [1.54, 1.807) is 19.1 Å². The summed E-state index contributed by atoms with van der Waals surface area (Å²) in [5, 5.41) is 12.9. The highest BCUT2D eigenvalue weighted by Crippen LogP contribution is 2.41. The topological polar surface area (TPSA) is 105 Å². The third kappa shape index (κ3) is 2.58. The van der Waals surface area contributed by atoms with Crippen LogP contribution in [0.2, 0.25) is 0 Å². The van der Waals surface area contributed by atoms with Gasteiger partial charge in [-0.25, -0.2) is 4.79 Å². The van der Waals surface area contributed by atoms with Gasteiger partial charge in [0.1, 0.15) is 5.52 Å². The van der Waals surface area contributed by atoms with E-state index in [2.05, 4.69) is 22.2 Å². The maximum Gasteiger partial charge on any atom is 0.338 e. The van der Waals surface area contributed by atoms with Crippen LogP contribution >= 0.6 is 0 Å². The Hall–Kier alpha value is -2.12. The fraction of sp³-hybridized carbons (Fsp3) is 0.556. The number of nitrogens with one attached hydrogen (secondary N) is 1. The van der Waals surface area contributed by atoms with Gasteiger partial charge < -0.3 is 20.6 Å². The Balaban J connectivity index is 1.73. The van der Waals surface area contributed by atoms with Gasteiger partial charge in [-0.15, -0.1) is 0 Å². The van der Waals surface area contributed by atoms with Crippen molar-refractivity contribution in [1.29, 1.82) is 0 Å². The predicted octanol–water partition coefficient (Wildman–Crippen LogP) is 2.55. The number of carbonyl (C=O) groups is 1. The van der Waals surface area contributed by atoms with Gasteiger partial charge in [-0.3, -0.25) is 4.90 Å². The highest BCUT2D eigenvalue weighted by Gasteiger charge is 2.47. The first-order valence-corrected chi connectivity index (χ1v) is 8.80. The van der Waals surface area contributed by atoms with Gasteiger partial charge in [0.15, 0.2) is 5.58 Å². The Bertz CT molecular complexity index is 833. The molecule has 4 N–H and O–H groups in total. The number of aryl methyl sites for hydroxylation is 1. The summed E-state index contributed by atoms with van der Waals surface area (Å²) in [5.41, 5.74) is 7.76. The SMILES string of the molecule is Cc1ccc2oc(NC34CCCC(CC(N)C3)N4C)nc2c1C(=O)O. The van der Waals surface area contributed by atoms with Crippen LogP contribution in [0.5, 0.6) is 0 Å². The van der Waals surface area contributed by atoms with E-state index >= 15 is 0 Å². The van der Waals surface area contributed by atoms with Crippen molar-refractivity contribution >= 4 is 23.1 Å². The monoisotopic (exact) mass is 344 g/mol. The maximum absolute atomic E-state index is 11.6. The summed E-state index contributed by atoms with van der Waals surface area (Å²) in [6.45, 7) is 1.77. The van der Waals surface area contributed by atoms with Crippen molar-refractivity contribution in [2.45, 2.75) is 56.8 Å². The normalized spacial score (nSPS) is 29.7. The van der Waals surface area contributed by atoms with Gasteiger partial charge in [0.25, 0.3) is 6.01 Å². The molecule has 2 bridgehead atoms. The Labute approximate surface area is 146 Å². The molecule has 0 radical (unpaired) electrons. The van der Waals surface area contributed by atoms with E-state index in [1.165, 1.54) is 0 Å². The molecule has 3 unspecified atom stereocenters. The minimum Gasteiger partial charge on any atom is -0.478 e. The first-order valence-electron chi connectivity index (χ1n) is 8.80. The molecule has 0 saturated carbocycles. The summed E-state index contributed by atoms with van der Waals surface area (Å²) in [5.74, 6) is -0.990. The number of carboxylic acids is 1. The number of benzene rings is 1. The molecule has 2 fully saturated rings. The number of hydrogen-bond acceptors (Lipinski definition) is 6. The van der Waals surface area contributed by atoms with Crippen molar-refractivity contribution in [3.05, 3.63) is 23.3 Å². The van der Waals surface area contributed by atoms with Gasteiger partial charge in [-0.05, 0) is 57.7 Å². The fourth-order valence-electron chi connectivity index (χ4n) is 4.56. The van der Waals surface area contributed by atoms with Crippen LogP contribution < -0.4 is 11.1 Å². The lowest BCUT2D eigenvalue weighted by atomic mass is 9.78. The quantitative estimate of drug-likeness (QED) is 0.786. The van der Waals surface area contributed by atoms with Crippen molar-refractivity contribution in [1.82, 2.24) is 9.88 Å². The number of nitrogens with zero attached hydrogens (tertiary/aromatic N) is 2. The zero-order chi connectivity index (χ0) is 17.8. The molecule has 2 aliphatic heterocycles. The van der Waals surface area contributed by atoms with Gasteiger partial charge in [0.2, 0.25) is 0 Å². The van der Waals surface area contributed by atoms with E-state index in [-0.39, 0.29) is 17.3 Å². The number of oxazole rings is 1. The standard InChI is InChI=1S/C18H24N4O3/c1-10-5-6-13-15(14(10)16(23)24)20-17(25-13)21-18-7-3-4-12(22(18)2)8-11(19)9-18/h5-6,11-12H,3-4,7-9,19H2,1-2H3,(H,20,21)(H,23,24). The summed E-state index contributed by atoms with van der Waals surface area (Å²) >= 11 is 0. The van der Waals surface area contributed by atoms with Gasteiger partial charge >= 0.3 is 5.97 Å². The molecule has 0 aliphatic carbocycles. The van der Waals surface area contributed by atoms with E-state index < -0.39 is 5.97 Å². The van der Waals surface area contributed by atoms with E-state index in [4.69, 9.17) is 10.2 Å². The average molecular weight is 344 g/mol. The molecule has 2 aliphatic rings. The van der Waals surface area contributed by atoms with Crippen molar-refractivity contribution in [3.8, 4) is 0 Å². The lowest BCUT2D eigenvalue weighted by Gasteiger charge is -2.54. The third-order valence-electron chi connectivity index (χ3n) is 5.85. The first-order chi connectivity index (χ1) is 11.9. The summed E-state index contributed by atoms with van der Waals surface area (Å²) in [6.07, 6.45) is 5.09. The molecule has 0 spiro atoms. The number of anilines is 1. The van der Waals surface area contributed by atoms with Crippen LogP contribution in [0.25, 0.3) is 11.1 Å². The molecule has 134 valence electrons. The number of rotatable bonds is 3. The lowest BCUT2D eigenvalue weighted by molar-refractivity contribution is -0.00870. The van der Waals surface area contributed by atoms with Gasteiger partial charge in [-0.2, -0.15) is 4.98 Å². The Kier molecular flexibility index (Phi) is 3.73. The number of piperidine rings is 2. The minimum atomic E-state index is -0.990. The molecule has 1 aromatic heterocycles. The first kappa shape index (κ1) is 16.4. The number of carboxylic acid groups (broad SMARTS) is 1. The molecule has 3 atom stereocenters. The van der Waals surface area contributed by atoms with Crippen LogP contribution in [0.15, 0.2) is 16.5 Å². The molecule has 7 heteroatoms. The molecule has 7 nitrogen and oxygen atoms in total. The van der Waals surface area contributed by atoms with Crippen molar-refractivity contribution in [3.63, 3.8) is 0 Å². The molecular weight excluding hydrogens is 320 g/mol. The lowest BCUT2D eigenvalue weighted by Crippen LogP contribution is -2.65.